The SMILES string of the molecule is [C-]#[N+]c1ccc(C#N)c(-n2c3ccccc3c3ccccc32)c1N(c1ccc2ccccc2c1)c1ccc2ccccc2c1. The Bertz CT molecular complexity index is 2360. The second-order valence-electron chi connectivity index (χ2n) is 10.8. The van der Waals surface area contributed by atoms with Gasteiger partial charge in [-0.2, -0.15) is 5.26 Å². The number of rotatable bonds is 4. The zero-order valence-corrected chi connectivity index (χ0v) is 23.6. The van der Waals surface area contributed by atoms with Crippen LogP contribution in [0, 0.1) is 17.9 Å². The molecule has 4 heteroatoms. The van der Waals surface area contributed by atoms with E-state index in [1.54, 1.807) is 12.1 Å². The highest BCUT2D eigenvalue weighted by molar-refractivity contribution is 6.11. The minimum atomic E-state index is 0.460. The van der Waals surface area contributed by atoms with Crippen molar-refractivity contribution in [3.63, 3.8) is 0 Å². The molecule has 0 unspecified atom stereocenters. The van der Waals surface area contributed by atoms with Gasteiger partial charge in [-0.25, -0.2) is 4.85 Å². The van der Waals surface area contributed by atoms with E-state index >= 15 is 0 Å². The molecule has 0 spiro atoms. The summed E-state index contributed by atoms with van der Waals surface area (Å²) in [6.07, 6.45) is 0. The first-order chi connectivity index (χ1) is 21.7. The number of nitrogens with zero attached hydrogens (tertiary/aromatic N) is 4. The van der Waals surface area contributed by atoms with Gasteiger partial charge in [0.05, 0.1) is 34.5 Å². The van der Waals surface area contributed by atoms with Crippen molar-refractivity contribution in [2.24, 2.45) is 0 Å². The summed E-state index contributed by atoms with van der Waals surface area (Å²) in [5.74, 6) is 0. The predicted octanol–water partition coefficient (Wildman–Crippen LogP) is 11.0. The topological polar surface area (TPSA) is 36.3 Å². The van der Waals surface area contributed by atoms with Gasteiger partial charge >= 0.3 is 0 Å². The molecule has 0 N–H and O–H groups in total. The summed E-state index contributed by atoms with van der Waals surface area (Å²) in [6, 6.07) is 51.8. The van der Waals surface area contributed by atoms with Crippen LogP contribution in [-0.2, 0) is 0 Å². The minimum absolute atomic E-state index is 0.460. The summed E-state index contributed by atoms with van der Waals surface area (Å²) >= 11 is 0. The third-order valence-electron chi connectivity index (χ3n) is 8.38. The van der Waals surface area contributed by atoms with Crippen LogP contribution in [0.1, 0.15) is 5.56 Å². The van der Waals surface area contributed by atoms with E-state index in [1.165, 1.54) is 0 Å². The van der Waals surface area contributed by atoms with Crippen LogP contribution in [0.25, 0.3) is 53.9 Å². The Morgan fingerprint density at radius 1 is 0.568 bits per heavy atom. The van der Waals surface area contributed by atoms with Crippen LogP contribution in [0.5, 0.6) is 0 Å². The number of anilines is 3. The standard InChI is InChI=1S/C40H24N4/c1-42-36-23-20-31(26-41)39(44-37-16-8-6-14-34(37)35-15-7-9-17-38(35)44)40(36)43(32-21-18-27-10-2-4-12-29(27)24-32)33-22-19-28-11-3-5-13-30(28)25-33/h2-25H. The molecule has 0 aliphatic carbocycles. The van der Waals surface area contributed by atoms with Crippen LogP contribution in [0.3, 0.4) is 0 Å². The van der Waals surface area contributed by atoms with E-state index in [-0.39, 0.29) is 0 Å². The largest absolute Gasteiger partial charge is 0.318 e. The van der Waals surface area contributed by atoms with Crippen LogP contribution in [0.4, 0.5) is 22.7 Å². The number of benzene rings is 7. The van der Waals surface area contributed by atoms with Crippen LogP contribution in [0.2, 0.25) is 0 Å². The van der Waals surface area contributed by atoms with Gasteiger partial charge in [-0.3, -0.25) is 0 Å². The smallest absolute Gasteiger partial charge is 0.212 e. The van der Waals surface area contributed by atoms with Gasteiger partial charge in [0.1, 0.15) is 6.07 Å². The van der Waals surface area contributed by atoms with Crippen LogP contribution in [0.15, 0.2) is 146 Å². The molecule has 7 aromatic carbocycles. The summed E-state index contributed by atoms with van der Waals surface area (Å²) in [5.41, 5.74) is 6.06. The molecule has 0 saturated carbocycles. The van der Waals surface area contributed by atoms with E-state index in [9.17, 15) is 5.26 Å². The average Bonchev–Trinajstić information content (AvgIpc) is 3.42. The molecule has 0 radical (unpaired) electrons. The Hall–Kier alpha value is -6.36. The predicted molar refractivity (Wildman–Crippen MR) is 181 cm³/mol. The van der Waals surface area contributed by atoms with Gasteiger partial charge in [-0.1, -0.05) is 109 Å². The molecule has 0 saturated heterocycles. The van der Waals surface area contributed by atoms with Gasteiger partial charge in [0.2, 0.25) is 5.69 Å². The molecule has 44 heavy (non-hydrogen) atoms. The molecular weight excluding hydrogens is 536 g/mol. The Balaban J connectivity index is 1.54. The fraction of sp³-hybridized carbons (Fsp3) is 0. The average molecular weight is 561 g/mol. The monoisotopic (exact) mass is 560 g/mol. The molecule has 0 fully saturated rings. The van der Waals surface area contributed by atoms with Gasteiger partial charge in [-0.05, 0) is 57.9 Å². The Labute approximate surface area is 254 Å². The summed E-state index contributed by atoms with van der Waals surface area (Å²) in [5, 5.41) is 17.2. The molecule has 0 aliphatic heterocycles. The highest BCUT2D eigenvalue weighted by Gasteiger charge is 2.26. The van der Waals surface area contributed by atoms with Crippen molar-refractivity contribution in [2.75, 3.05) is 4.90 Å². The van der Waals surface area contributed by atoms with E-state index < -0.39 is 0 Å². The van der Waals surface area contributed by atoms with E-state index in [1.807, 2.05) is 48.5 Å². The fourth-order valence-corrected chi connectivity index (χ4v) is 6.40. The summed E-state index contributed by atoms with van der Waals surface area (Å²) in [7, 11) is 0. The fourth-order valence-electron chi connectivity index (χ4n) is 6.40. The Morgan fingerprint density at radius 2 is 1.07 bits per heavy atom. The number of aromatic nitrogens is 1. The second kappa shape index (κ2) is 10.2. The van der Waals surface area contributed by atoms with E-state index in [0.29, 0.717) is 22.6 Å². The first-order valence-electron chi connectivity index (χ1n) is 14.5. The molecule has 0 aliphatic rings. The van der Waals surface area contributed by atoms with Gasteiger partial charge in [-0.15, -0.1) is 0 Å². The number of nitriles is 1. The first-order valence-corrected chi connectivity index (χ1v) is 14.5. The number of fused-ring (bicyclic) bond motifs is 5. The van der Waals surface area contributed by atoms with Crippen molar-refractivity contribution in [1.29, 1.82) is 5.26 Å². The maximum atomic E-state index is 10.6. The van der Waals surface area contributed by atoms with E-state index in [2.05, 4.69) is 105 Å². The first kappa shape index (κ1) is 25.4. The van der Waals surface area contributed by atoms with Gasteiger partial charge in [0.25, 0.3) is 0 Å². The number of hydrogen-bond donors (Lipinski definition) is 0. The van der Waals surface area contributed by atoms with Crippen molar-refractivity contribution < 1.29 is 0 Å². The normalized spacial score (nSPS) is 11.1. The maximum Gasteiger partial charge on any atom is 0.212 e. The highest BCUT2D eigenvalue weighted by atomic mass is 15.2. The van der Waals surface area contributed by atoms with Gasteiger partial charge < -0.3 is 9.47 Å². The van der Waals surface area contributed by atoms with Crippen LogP contribution >= 0.6 is 0 Å². The lowest BCUT2D eigenvalue weighted by Gasteiger charge is -2.30. The van der Waals surface area contributed by atoms with Gasteiger partial charge in [0, 0.05) is 22.1 Å². The number of hydrogen-bond acceptors (Lipinski definition) is 2. The number of para-hydroxylation sites is 2. The highest BCUT2D eigenvalue weighted by Crippen LogP contribution is 2.48. The maximum absolute atomic E-state index is 10.6. The third-order valence-corrected chi connectivity index (χ3v) is 8.38. The molecule has 204 valence electrons. The lowest BCUT2D eigenvalue weighted by Crippen LogP contribution is -2.14. The second-order valence-corrected chi connectivity index (χ2v) is 10.8. The molecule has 0 bridgehead atoms. The third kappa shape index (κ3) is 3.91. The van der Waals surface area contributed by atoms with Crippen molar-refractivity contribution in [1.82, 2.24) is 4.57 Å². The molecule has 0 atom stereocenters. The van der Waals surface area contributed by atoms with Crippen molar-refractivity contribution in [2.45, 2.75) is 0 Å². The van der Waals surface area contributed by atoms with Crippen LogP contribution < -0.4 is 4.90 Å². The van der Waals surface area contributed by atoms with E-state index in [4.69, 9.17) is 6.57 Å². The quantitative estimate of drug-likeness (QED) is 0.201. The molecule has 8 rings (SSSR count). The molecule has 8 aromatic rings. The minimum Gasteiger partial charge on any atom is -0.318 e. The zero-order valence-electron chi connectivity index (χ0n) is 23.6. The van der Waals surface area contributed by atoms with Gasteiger partial charge in [0.15, 0.2) is 0 Å². The molecular formula is C40H24N4. The summed E-state index contributed by atoms with van der Waals surface area (Å²) in [6.45, 7) is 8.35. The molecule has 0 amide bonds. The summed E-state index contributed by atoms with van der Waals surface area (Å²) < 4.78 is 2.16. The lowest BCUT2D eigenvalue weighted by molar-refractivity contribution is 1.14. The van der Waals surface area contributed by atoms with Crippen LogP contribution in [-0.4, -0.2) is 4.57 Å². The molecule has 1 heterocycles. The zero-order chi connectivity index (χ0) is 29.6. The molecule has 4 nitrogen and oxygen atoms in total. The summed E-state index contributed by atoms with van der Waals surface area (Å²) in [4.78, 5) is 6.20. The lowest BCUT2D eigenvalue weighted by atomic mass is 10.0. The molecule has 1 aromatic heterocycles. The van der Waals surface area contributed by atoms with Crippen molar-refractivity contribution in [3.05, 3.63) is 163 Å². The Morgan fingerprint density at radius 3 is 1.59 bits per heavy atom. The van der Waals surface area contributed by atoms with Crippen molar-refractivity contribution in [3.8, 4) is 11.8 Å². The van der Waals surface area contributed by atoms with E-state index in [0.717, 1.165) is 54.7 Å². The van der Waals surface area contributed by atoms with Crippen molar-refractivity contribution >= 4 is 66.1 Å². The Kier molecular flexibility index (Phi) is 5.86.